The van der Waals surface area contributed by atoms with Crippen LogP contribution in [0.4, 0.5) is 11.6 Å². The van der Waals surface area contributed by atoms with Crippen molar-refractivity contribution >= 4 is 22.7 Å². The number of fused-ring (bicyclic) bond motifs is 1. The van der Waals surface area contributed by atoms with Crippen molar-refractivity contribution in [2.75, 3.05) is 31.2 Å². The Bertz CT molecular complexity index is 1090. The minimum absolute atomic E-state index is 0.0585. The Morgan fingerprint density at radius 1 is 1.32 bits per heavy atom. The molecule has 0 amide bonds. The van der Waals surface area contributed by atoms with Crippen LogP contribution in [0.1, 0.15) is 36.2 Å². The second-order valence-electron chi connectivity index (χ2n) is 7.15. The first kappa shape index (κ1) is 18.0. The Balaban J connectivity index is 1.77. The molecule has 0 saturated heterocycles. The maximum atomic E-state index is 9.41. The summed E-state index contributed by atoms with van der Waals surface area (Å²) in [7, 11) is 2.14. The fraction of sp³-hybridized carbons (Fsp3) is 0.286. The highest BCUT2D eigenvalue weighted by Gasteiger charge is 2.22. The summed E-state index contributed by atoms with van der Waals surface area (Å²) in [5.74, 6) is 0.647. The molecule has 3 N–H and O–H groups in total. The van der Waals surface area contributed by atoms with E-state index in [0.29, 0.717) is 5.82 Å². The first-order valence-corrected chi connectivity index (χ1v) is 9.33. The van der Waals surface area contributed by atoms with Crippen LogP contribution in [0.2, 0.25) is 0 Å². The number of nitrogens with two attached hydrogens (primary N) is 1. The van der Waals surface area contributed by atoms with E-state index in [-0.39, 0.29) is 17.4 Å². The number of anilines is 2. The van der Waals surface area contributed by atoms with Crippen molar-refractivity contribution in [3.05, 3.63) is 59.7 Å². The van der Waals surface area contributed by atoms with E-state index in [1.807, 2.05) is 12.1 Å². The standard InChI is InChI=1S/C21H23N7/c1-14(26-21-18(12-22)20(23)24-13-25-21)17-11-16-5-3-4-8-28(16)19(17)15-6-9-27(2)10-7-15/h3-6,8,11,13-14H,7,9-10H2,1-2H3,(H3,23,24,25,26). The van der Waals surface area contributed by atoms with Crippen molar-refractivity contribution in [1.29, 1.82) is 5.26 Å². The van der Waals surface area contributed by atoms with Gasteiger partial charge in [0.25, 0.3) is 0 Å². The molecule has 3 aromatic heterocycles. The van der Waals surface area contributed by atoms with Crippen LogP contribution in [0.15, 0.2) is 42.9 Å². The lowest BCUT2D eigenvalue weighted by Gasteiger charge is -2.24. The van der Waals surface area contributed by atoms with E-state index < -0.39 is 0 Å². The first-order chi connectivity index (χ1) is 13.6. The number of aromatic nitrogens is 3. The zero-order valence-corrected chi connectivity index (χ0v) is 16.1. The molecule has 1 aliphatic heterocycles. The number of nitriles is 1. The quantitative estimate of drug-likeness (QED) is 0.730. The Hall–Kier alpha value is -3.37. The first-order valence-electron chi connectivity index (χ1n) is 9.33. The number of nitrogens with zero attached hydrogens (tertiary/aromatic N) is 5. The molecule has 0 radical (unpaired) electrons. The monoisotopic (exact) mass is 373 g/mol. The molecule has 28 heavy (non-hydrogen) atoms. The van der Waals surface area contributed by atoms with Gasteiger partial charge in [0, 0.05) is 30.4 Å². The molecule has 4 heterocycles. The smallest absolute Gasteiger partial charge is 0.150 e. The van der Waals surface area contributed by atoms with Gasteiger partial charge < -0.3 is 20.4 Å². The van der Waals surface area contributed by atoms with Crippen molar-refractivity contribution in [1.82, 2.24) is 19.3 Å². The van der Waals surface area contributed by atoms with Crippen LogP contribution in [-0.4, -0.2) is 39.4 Å². The average Bonchev–Trinajstić information content (AvgIpc) is 3.08. The van der Waals surface area contributed by atoms with Crippen molar-refractivity contribution in [3.63, 3.8) is 0 Å². The highest BCUT2D eigenvalue weighted by Crippen LogP contribution is 2.33. The van der Waals surface area contributed by atoms with Crippen LogP contribution in [0.5, 0.6) is 0 Å². The minimum atomic E-state index is -0.0585. The molecule has 0 saturated carbocycles. The van der Waals surface area contributed by atoms with E-state index in [1.165, 1.54) is 23.2 Å². The molecule has 0 bridgehead atoms. The van der Waals surface area contributed by atoms with Gasteiger partial charge in [-0.3, -0.25) is 0 Å². The highest BCUT2D eigenvalue weighted by molar-refractivity contribution is 5.73. The van der Waals surface area contributed by atoms with Crippen LogP contribution >= 0.6 is 0 Å². The van der Waals surface area contributed by atoms with E-state index in [4.69, 9.17) is 5.73 Å². The third-order valence-corrected chi connectivity index (χ3v) is 5.23. The number of hydrogen-bond acceptors (Lipinski definition) is 6. The number of hydrogen-bond donors (Lipinski definition) is 2. The Labute approximate surface area is 164 Å². The number of pyridine rings is 1. The SMILES string of the molecule is CC(Nc1ncnc(N)c1C#N)c1cc2ccccn2c1C1=CCN(C)CC1. The summed E-state index contributed by atoms with van der Waals surface area (Å²) >= 11 is 0. The van der Waals surface area contributed by atoms with Gasteiger partial charge in [-0.1, -0.05) is 12.1 Å². The molecule has 0 fully saturated rings. The van der Waals surface area contributed by atoms with Crippen LogP contribution in [-0.2, 0) is 0 Å². The zero-order valence-electron chi connectivity index (χ0n) is 16.1. The van der Waals surface area contributed by atoms with E-state index in [0.717, 1.165) is 25.0 Å². The predicted molar refractivity (Wildman–Crippen MR) is 111 cm³/mol. The third kappa shape index (κ3) is 3.19. The van der Waals surface area contributed by atoms with Gasteiger partial charge in [-0.05, 0) is 44.2 Å². The van der Waals surface area contributed by atoms with Gasteiger partial charge in [0.15, 0.2) is 0 Å². The normalized spacial score (nSPS) is 15.8. The molecule has 142 valence electrons. The summed E-state index contributed by atoms with van der Waals surface area (Å²) in [5.41, 5.74) is 11.0. The lowest BCUT2D eigenvalue weighted by Crippen LogP contribution is -2.24. The molecule has 0 spiro atoms. The topological polar surface area (TPSA) is 95.3 Å². The van der Waals surface area contributed by atoms with Gasteiger partial charge in [-0.25, -0.2) is 9.97 Å². The van der Waals surface area contributed by atoms with Gasteiger partial charge in [0.05, 0.1) is 11.7 Å². The van der Waals surface area contributed by atoms with E-state index >= 15 is 0 Å². The Kier molecular flexibility index (Phi) is 4.72. The maximum absolute atomic E-state index is 9.41. The fourth-order valence-corrected chi connectivity index (χ4v) is 3.70. The van der Waals surface area contributed by atoms with Crippen molar-refractivity contribution in [2.24, 2.45) is 0 Å². The molecule has 4 rings (SSSR count). The molecule has 7 heteroatoms. The molecule has 1 unspecified atom stereocenters. The maximum Gasteiger partial charge on any atom is 0.150 e. The molecule has 0 aromatic carbocycles. The lowest BCUT2D eigenvalue weighted by molar-refractivity contribution is 0.369. The summed E-state index contributed by atoms with van der Waals surface area (Å²) in [5, 5.41) is 12.8. The Morgan fingerprint density at radius 2 is 2.18 bits per heavy atom. The van der Waals surface area contributed by atoms with E-state index in [9.17, 15) is 5.26 Å². The fourth-order valence-electron chi connectivity index (χ4n) is 3.70. The number of nitrogens with one attached hydrogen (secondary N) is 1. The summed E-state index contributed by atoms with van der Waals surface area (Å²) in [6.45, 7) is 4.05. The minimum Gasteiger partial charge on any atom is -0.382 e. The molecule has 7 nitrogen and oxygen atoms in total. The van der Waals surface area contributed by atoms with Crippen LogP contribution in [0.25, 0.3) is 11.1 Å². The van der Waals surface area contributed by atoms with Crippen molar-refractivity contribution in [3.8, 4) is 6.07 Å². The van der Waals surface area contributed by atoms with E-state index in [1.54, 1.807) is 0 Å². The highest BCUT2D eigenvalue weighted by atomic mass is 15.1. The van der Waals surface area contributed by atoms with Crippen LogP contribution < -0.4 is 11.1 Å². The van der Waals surface area contributed by atoms with Gasteiger partial charge in [-0.15, -0.1) is 0 Å². The van der Waals surface area contributed by atoms with Gasteiger partial charge in [0.2, 0.25) is 0 Å². The largest absolute Gasteiger partial charge is 0.382 e. The third-order valence-electron chi connectivity index (χ3n) is 5.23. The number of nitrogen functional groups attached to an aromatic ring is 1. The van der Waals surface area contributed by atoms with E-state index in [2.05, 4.69) is 69.0 Å². The molecule has 1 atom stereocenters. The van der Waals surface area contributed by atoms with Gasteiger partial charge in [-0.2, -0.15) is 5.26 Å². The zero-order chi connectivity index (χ0) is 19.7. The molecular formula is C21H23N7. The molecule has 0 aliphatic carbocycles. The second-order valence-corrected chi connectivity index (χ2v) is 7.15. The number of rotatable bonds is 4. The summed E-state index contributed by atoms with van der Waals surface area (Å²) in [4.78, 5) is 10.4. The molecular weight excluding hydrogens is 350 g/mol. The Morgan fingerprint density at radius 3 is 2.93 bits per heavy atom. The van der Waals surface area contributed by atoms with Crippen molar-refractivity contribution in [2.45, 2.75) is 19.4 Å². The summed E-state index contributed by atoms with van der Waals surface area (Å²) < 4.78 is 2.24. The average molecular weight is 373 g/mol. The van der Waals surface area contributed by atoms with Gasteiger partial charge >= 0.3 is 0 Å². The second kappa shape index (κ2) is 7.33. The van der Waals surface area contributed by atoms with Crippen molar-refractivity contribution < 1.29 is 0 Å². The summed E-state index contributed by atoms with van der Waals surface area (Å²) in [6.07, 6.45) is 6.78. The predicted octanol–water partition coefficient (Wildman–Crippen LogP) is 3.08. The van der Waals surface area contributed by atoms with Gasteiger partial charge in [0.1, 0.15) is 29.6 Å². The lowest BCUT2D eigenvalue weighted by atomic mass is 9.98. The molecule has 1 aliphatic rings. The summed E-state index contributed by atoms with van der Waals surface area (Å²) in [6, 6.07) is 10.4. The number of likely N-dealkylation sites (N-methyl/N-ethyl adjacent to an activating group) is 1. The van der Waals surface area contributed by atoms with Crippen LogP contribution in [0, 0.1) is 11.3 Å². The molecule has 3 aromatic rings. The van der Waals surface area contributed by atoms with Crippen LogP contribution in [0.3, 0.4) is 0 Å².